The average Bonchev–Trinajstić information content (AvgIpc) is 2.53. The van der Waals surface area contributed by atoms with Crippen molar-refractivity contribution < 1.29 is 19.4 Å². The molecule has 0 aliphatic carbocycles. The number of likely N-dealkylation sites (tertiary alicyclic amines) is 1. The molecule has 1 saturated heterocycles. The lowest BCUT2D eigenvalue weighted by Gasteiger charge is -2.31. The summed E-state index contributed by atoms with van der Waals surface area (Å²) in [7, 11) is 0. The number of nitrogens with zero attached hydrogens (tertiary/aromatic N) is 1. The number of carbonyl (C=O) groups is 2. The Morgan fingerprint density at radius 3 is 2.64 bits per heavy atom. The second kappa shape index (κ2) is 7.64. The smallest absolute Gasteiger partial charge is 0.303 e. The second-order valence-corrected chi connectivity index (χ2v) is 5.43. The molecule has 0 aromatic heterocycles. The minimum Gasteiger partial charge on any atom is -0.489 e. The summed E-state index contributed by atoms with van der Waals surface area (Å²) in [4.78, 5) is 25.1. The number of hydrogen-bond acceptors (Lipinski definition) is 3. The summed E-state index contributed by atoms with van der Waals surface area (Å²) in [6, 6.07) is 7.16. The number of carboxylic acid groups (broad SMARTS) is 1. The molecule has 1 amide bonds. The Labute approximate surface area is 130 Å². The third-order valence-corrected chi connectivity index (χ3v) is 3.84. The predicted octanol–water partition coefficient (Wildman–Crippen LogP) is 2.58. The molecular weight excluding hydrogens is 282 g/mol. The molecule has 1 aliphatic heterocycles. The Hall–Kier alpha value is -2.30. The lowest BCUT2D eigenvalue weighted by molar-refractivity contribution is -0.138. The Morgan fingerprint density at radius 1 is 1.32 bits per heavy atom. The van der Waals surface area contributed by atoms with Gasteiger partial charge in [-0.05, 0) is 30.9 Å². The largest absolute Gasteiger partial charge is 0.489 e. The molecule has 2 rings (SSSR count). The first-order valence-corrected chi connectivity index (χ1v) is 7.45. The van der Waals surface area contributed by atoms with Crippen LogP contribution < -0.4 is 4.74 Å². The number of carboxylic acids is 1. The van der Waals surface area contributed by atoms with Crippen LogP contribution in [0.25, 0.3) is 0 Å². The first-order chi connectivity index (χ1) is 10.6. The standard InChI is InChI=1S/C17H21NO4/c1-2-11-22-15-6-4-3-5-14(15)17(21)18-9-7-13(8-10-18)12-16(19)20/h2-6,13H,1,7-12H2,(H,19,20). The summed E-state index contributed by atoms with van der Waals surface area (Å²) in [5, 5.41) is 8.83. The van der Waals surface area contributed by atoms with E-state index in [9.17, 15) is 9.59 Å². The Morgan fingerprint density at radius 2 is 2.00 bits per heavy atom. The van der Waals surface area contributed by atoms with Gasteiger partial charge in [0.05, 0.1) is 5.56 Å². The number of hydrogen-bond donors (Lipinski definition) is 1. The van der Waals surface area contributed by atoms with Crippen LogP contribution in [0.1, 0.15) is 29.6 Å². The SMILES string of the molecule is C=CCOc1ccccc1C(=O)N1CCC(CC(=O)O)CC1. The molecule has 0 spiro atoms. The van der Waals surface area contributed by atoms with E-state index in [2.05, 4.69) is 6.58 Å². The molecule has 1 N–H and O–H groups in total. The van der Waals surface area contributed by atoms with Crippen LogP contribution in [0.4, 0.5) is 0 Å². The van der Waals surface area contributed by atoms with E-state index in [-0.39, 0.29) is 18.2 Å². The highest BCUT2D eigenvalue weighted by Gasteiger charge is 2.26. The summed E-state index contributed by atoms with van der Waals surface area (Å²) in [6.07, 6.45) is 3.28. The van der Waals surface area contributed by atoms with Crippen molar-refractivity contribution in [1.29, 1.82) is 0 Å². The lowest BCUT2D eigenvalue weighted by Crippen LogP contribution is -2.39. The molecule has 118 valence electrons. The van der Waals surface area contributed by atoms with Crippen LogP contribution in [0.3, 0.4) is 0 Å². The molecule has 0 saturated carbocycles. The van der Waals surface area contributed by atoms with Crippen LogP contribution in [0.5, 0.6) is 5.75 Å². The van der Waals surface area contributed by atoms with Crippen LogP contribution in [0.15, 0.2) is 36.9 Å². The molecule has 0 unspecified atom stereocenters. The number of para-hydroxylation sites is 1. The molecule has 0 bridgehead atoms. The van der Waals surface area contributed by atoms with Crippen molar-refractivity contribution in [3.63, 3.8) is 0 Å². The molecule has 1 heterocycles. The minimum atomic E-state index is -0.770. The monoisotopic (exact) mass is 303 g/mol. The number of benzene rings is 1. The van der Waals surface area contributed by atoms with Crippen molar-refractivity contribution in [2.24, 2.45) is 5.92 Å². The van der Waals surface area contributed by atoms with Crippen molar-refractivity contribution in [2.75, 3.05) is 19.7 Å². The maximum absolute atomic E-state index is 12.6. The van der Waals surface area contributed by atoms with Gasteiger partial charge in [-0.2, -0.15) is 0 Å². The van der Waals surface area contributed by atoms with Gasteiger partial charge in [0, 0.05) is 19.5 Å². The fraction of sp³-hybridized carbons (Fsp3) is 0.412. The van der Waals surface area contributed by atoms with E-state index in [0.717, 1.165) is 12.8 Å². The maximum atomic E-state index is 12.6. The Balaban J connectivity index is 2.01. The third-order valence-electron chi connectivity index (χ3n) is 3.84. The highest BCUT2D eigenvalue weighted by molar-refractivity contribution is 5.97. The van der Waals surface area contributed by atoms with Crippen LogP contribution in [-0.2, 0) is 4.79 Å². The molecule has 1 aliphatic rings. The molecule has 0 atom stereocenters. The van der Waals surface area contributed by atoms with Gasteiger partial charge >= 0.3 is 5.97 Å². The molecule has 1 fully saturated rings. The molecule has 1 aromatic rings. The molecule has 1 aromatic carbocycles. The van der Waals surface area contributed by atoms with Crippen LogP contribution in [0.2, 0.25) is 0 Å². The molecule has 5 heteroatoms. The molecule has 22 heavy (non-hydrogen) atoms. The van der Waals surface area contributed by atoms with Crippen molar-refractivity contribution in [1.82, 2.24) is 4.90 Å². The van der Waals surface area contributed by atoms with E-state index in [1.54, 1.807) is 23.1 Å². The molecule has 0 radical (unpaired) electrons. The van der Waals surface area contributed by atoms with E-state index in [1.807, 2.05) is 12.1 Å². The van der Waals surface area contributed by atoms with Crippen LogP contribution >= 0.6 is 0 Å². The normalized spacial score (nSPS) is 15.4. The topological polar surface area (TPSA) is 66.8 Å². The first kappa shape index (κ1) is 16.1. The van der Waals surface area contributed by atoms with Crippen LogP contribution in [-0.4, -0.2) is 41.6 Å². The van der Waals surface area contributed by atoms with Gasteiger partial charge in [-0.15, -0.1) is 0 Å². The van der Waals surface area contributed by atoms with Crippen molar-refractivity contribution in [3.8, 4) is 5.75 Å². The van der Waals surface area contributed by atoms with Gasteiger partial charge in [0.25, 0.3) is 5.91 Å². The average molecular weight is 303 g/mol. The van der Waals surface area contributed by atoms with E-state index in [0.29, 0.717) is 31.0 Å². The summed E-state index contributed by atoms with van der Waals surface area (Å²) in [5.74, 6) is -0.116. The van der Waals surface area contributed by atoms with Gasteiger partial charge in [0.2, 0.25) is 0 Å². The summed E-state index contributed by atoms with van der Waals surface area (Å²) >= 11 is 0. The molecule has 5 nitrogen and oxygen atoms in total. The van der Waals surface area contributed by atoms with E-state index >= 15 is 0 Å². The number of carbonyl (C=O) groups excluding carboxylic acids is 1. The Kier molecular flexibility index (Phi) is 5.58. The van der Waals surface area contributed by atoms with Gasteiger partial charge < -0.3 is 14.7 Å². The van der Waals surface area contributed by atoms with E-state index < -0.39 is 5.97 Å². The van der Waals surface area contributed by atoms with Gasteiger partial charge in [0.1, 0.15) is 12.4 Å². The van der Waals surface area contributed by atoms with Gasteiger partial charge in [-0.25, -0.2) is 0 Å². The number of ether oxygens (including phenoxy) is 1. The van der Waals surface area contributed by atoms with Crippen molar-refractivity contribution in [3.05, 3.63) is 42.5 Å². The first-order valence-electron chi connectivity index (χ1n) is 7.45. The zero-order valence-corrected chi connectivity index (χ0v) is 12.5. The van der Waals surface area contributed by atoms with Gasteiger partial charge in [0.15, 0.2) is 0 Å². The van der Waals surface area contributed by atoms with Gasteiger partial charge in [-0.1, -0.05) is 24.8 Å². The summed E-state index contributed by atoms with van der Waals surface area (Å²) in [5.41, 5.74) is 0.543. The number of aliphatic carboxylic acids is 1. The van der Waals surface area contributed by atoms with Crippen molar-refractivity contribution >= 4 is 11.9 Å². The highest BCUT2D eigenvalue weighted by atomic mass is 16.5. The van der Waals surface area contributed by atoms with Gasteiger partial charge in [-0.3, -0.25) is 9.59 Å². The summed E-state index contributed by atoms with van der Waals surface area (Å²) < 4.78 is 5.53. The minimum absolute atomic E-state index is 0.0616. The van der Waals surface area contributed by atoms with Crippen molar-refractivity contribution in [2.45, 2.75) is 19.3 Å². The fourth-order valence-electron chi connectivity index (χ4n) is 2.68. The zero-order chi connectivity index (χ0) is 15.9. The fourth-order valence-corrected chi connectivity index (χ4v) is 2.68. The highest BCUT2D eigenvalue weighted by Crippen LogP contribution is 2.25. The van der Waals surface area contributed by atoms with Crippen LogP contribution in [0, 0.1) is 5.92 Å². The number of amides is 1. The predicted molar refractivity (Wildman–Crippen MR) is 83.0 cm³/mol. The lowest BCUT2D eigenvalue weighted by atomic mass is 9.93. The van der Waals surface area contributed by atoms with E-state index in [4.69, 9.17) is 9.84 Å². The zero-order valence-electron chi connectivity index (χ0n) is 12.5. The second-order valence-electron chi connectivity index (χ2n) is 5.43. The quantitative estimate of drug-likeness (QED) is 0.820. The maximum Gasteiger partial charge on any atom is 0.303 e. The Bertz CT molecular complexity index is 547. The summed E-state index contributed by atoms with van der Waals surface area (Å²) in [6.45, 7) is 5.14. The third kappa shape index (κ3) is 4.10. The van der Waals surface area contributed by atoms with E-state index in [1.165, 1.54) is 0 Å². The number of piperidine rings is 1. The number of rotatable bonds is 6. The molecular formula is C17H21NO4.